The van der Waals surface area contributed by atoms with Crippen LogP contribution in [0, 0.1) is 13.8 Å². The van der Waals surface area contributed by atoms with Gasteiger partial charge in [0.25, 0.3) is 0 Å². The van der Waals surface area contributed by atoms with Crippen LogP contribution in [0.5, 0.6) is 5.75 Å². The van der Waals surface area contributed by atoms with Crippen molar-refractivity contribution in [3.8, 4) is 5.75 Å². The number of aromatic hydroxyl groups is 1. The molecule has 1 N–H and O–H groups in total. The third-order valence-corrected chi connectivity index (χ3v) is 2.45. The van der Waals surface area contributed by atoms with Crippen LogP contribution in [0.15, 0.2) is 6.20 Å². The van der Waals surface area contributed by atoms with Crippen LogP contribution in [-0.2, 0) is 0 Å². The molecule has 2 aromatic rings. The minimum absolute atomic E-state index is 0.213. The lowest BCUT2D eigenvalue weighted by Gasteiger charge is -1.99. The van der Waals surface area contributed by atoms with Crippen LogP contribution in [0.25, 0.3) is 5.52 Å². The summed E-state index contributed by atoms with van der Waals surface area (Å²) in [5, 5.41) is 14.4. The fourth-order valence-electron chi connectivity index (χ4n) is 1.79. The van der Waals surface area contributed by atoms with Crippen molar-refractivity contribution in [2.45, 2.75) is 33.6 Å². The van der Waals surface area contributed by atoms with Crippen molar-refractivity contribution >= 4 is 5.52 Å². The summed E-state index contributed by atoms with van der Waals surface area (Å²) in [6, 6.07) is 0. The summed E-state index contributed by atoms with van der Waals surface area (Å²) < 4.78 is 1.71. The van der Waals surface area contributed by atoms with E-state index >= 15 is 0 Å². The van der Waals surface area contributed by atoms with Crippen LogP contribution in [0.4, 0.5) is 0 Å². The molecule has 0 aliphatic carbocycles. The topological polar surface area (TPSA) is 50.4 Å². The Labute approximate surface area is 88.6 Å². The second-order valence-electron chi connectivity index (χ2n) is 4.15. The van der Waals surface area contributed by atoms with Gasteiger partial charge in [-0.2, -0.15) is 5.10 Å². The van der Waals surface area contributed by atoms with Crippen LogP contribution in [0.1, 0.15) is 36.8 Å². The van der Waals surface area contributed by atoms with Crippen molar-refractivity contribution in [1.29, 1.82) is 0 Å². The van der Waals surface area contributed by atoms with E-state index in [1.54, 1.807) is 4.52 Å². The summed E-state index contributed by atoms with van der Waals surface area (Å²) >= 11 is 0. The Balaban J connectivity index is 2.82. The monoisotopic (exact) mass is 205 g/mol. The number of fused-ring (bicyclic) bond motifs is 1. The molecule has 0 aliphatic heterocycles. The first-order valence-electron chi connectivity index (χ1n) is 5.06. The number of rotatable bonds is 1. The van der Waals surface area contributed by atoms with Crippen LogP contribution in [0.2, 0.25) is 0 Å². The fourth-order valence-corrected chi connectivity index (χ4v) is 1.79. The highest BCUT2D eigenvalue weighted by atomic mass is 16.3. The highest BCUT2D eigenvalue weighted by Crippen LogP contribution is 2.30. The molecule has 0 saturated carbocycles. The fraction of sp³-hybridized carbons (Fsp3) is 0.455. The van der Waals surface area contributed by atoms with E-state index in [9.17, 15) is 5.11 Å². The predicted molar refractivity (Wildman–Crippen MR) is 58.2 cm³/mol. The lowest BCUT2D eigenvalue weighted by Crippen LogP contribution is -1.95. The van der Waals surface area contributed by atoms with Gasteiger partial charge in [0.15, 0.2) is 5.75 Å². The normalized spacial score (nSPS) is 11.5. The first kappa shape index (κ1) is 9.96. The first-order valence-corrected chi connectivity index (χ1v) is 5.06. The Bertz CT molecular complexity index is 514. The zero-order valence-electron chi connectivity index (χ0n) is 9.44. The highest BCUT2D eigenvalue weighted by molar-refractivity contribution is 5.64. The second kappa shape index (κ2) is 3.22. The second-order valence-corrected chi connectivity index (χ2v) is 4.15. The van der Waals surface area contributed by atoms with E-state index in [1.165, 1.54) is 0 Å². The molecular formula is C11H15N3O. The van der Waals surface area contributed by atoms with Crippen LogP contribution in [-0.4, -0.2) is 19.7 Å². The van der Waals surface area contributed by atoms with E-state index in [2.05, 4.69) is 10.1 Å². The average molecular weight is 205 g/mol. The van der Waals surface area contributed by atoms with Crippen molar-refractivity contribution in [3.63, 3.8) is 0 Å². The molecule has 0 radical (unpaired) electrons. The van der Waals surface area contributed by atoms with Gasteiger partial charge in [-0.25, -0.2) is 4.52 Å². The standard InChI is InChI=1S/C11H15N3O/c1-6(2)9-11(15)10-8(4)12-7(3)5-14(10)13-9/h5-6,15H,1-4H3. The molecule has 0 unspecified atom stereocenters. The molecule has 4 heteroatoms. The molecule has 0 aromatic carbocycles. The van der Waals surface area contributed by atoms with Crippen molar-refractivity contribution in [3.05, 3.63) is 23.3 Å². The summed E-state index contributed by atoms with van der Waals surface area (Å²) in [5.41, 5.74) is 3.15. The summed E-state index contributed by atoms with van der Waals surface area (Å²) in [6.07, 6.45) is 1.83. The molecule has 0 amide bonds. The largest absolute Gasteiger partial charge is 0.504 e. The molecule has 0 atom stereocenters. The summed E-state index contributed by atoms with van der Waals surface area (Å²) in [5.74, 6) is 0.472. The van der Waals surface area contributed by atoms with E-state index in [4.69, 9.17) is 0 Å². The van der Waals surface area contributed by atoms with Crippen LogP contribution < -0.4 is 0 Å². The average Bonchev–Trinajstić information content (AvgIpc) is 2.42. The first-order chi connectivity index (χ1) is 7.00. The number of hydrogen-bond donors (Lipinski definition) is 1. The lowest BCUT2D eigenvalue weighted by molar-refractivity contribution is 0.470. The van der Waals surface area contributed by atoms with Gasteiger partial charge < -0.3 is 5.11 Å². The summed E-state index contributed by atoms with van der Waals surface area (Å²) in [7, 11) is 0. The Morgan fingerprint density at radius 1 is 1.33 bits per heavy atom. The van der Waals surface area contributed by atoms with Crippen molar-refractivity contribution in [2.24, 2.45) is 0 Å². The Hall–Kier alpha value is -1.58. The number of hydrogen-bond acceptors (Lipinski definition) is 3. The lowest BCUT2D eigenvalue weighted by atomic mass is 10.1. The van der Waals surface area contributed by atoms with E-state index in [0.717, 1.165) is 17.1 Å². The molecule has 15 heavy (non-hydrogen) atoms. The number of aromatic nitrogens is 3. The zero-order chi connectivity index (χ0) is 11.2. The maximum absolute atomic E-state index is 10.0. The molecule has 2 rings (SSSR count). The van der Waals surface area contributed by atoms with Gasteiger partial charge in [-0.15, -0.1) is 0 Å². The van der Waals surface area contributed by atoms with E-state index in [0.29, 0.717) is 5.52 Å². The van der Waals surface area contributed by atoms with E-state index in [-0.39, 0.29) is 11.7 Å². The molecule has 2 heterocycles. The molecule has 80 valence electrons. The zero-order valence-corrected chi connectivity index (χ0v) is 9.44. The molecule has 0 spiro atoms. The van der Waals surface area contributed by atoms with Crippen molar-refractivity contribution < 1.29 is 5.11 Å². The van der Waals surface area contributed by atoms with Gasteiger partial charge in [0.2, 0.25) is 0 Å². The smallest absolute Gasteiger partial charge is 0.166 e. The quantitative estimate of drug-likeness (QED) is 0.776. The number of aryl methyl sites for hydroxylation is 2. The maximum atomic E-state index is 10.0. The number of nitrogens with zero attached hydrogens (tertiary/aromatic N) is 3. The Morgan fingerprint density at radius 2 is 2.00 bits per heavy atom. The maximum Gasteiger partial charge on any atom is 0.166 e. The highest BCUT2D eigenvalue weighted by Gasteiger charge is 2.16. The summed E-state index contributed by atoms with van der Waals surface area (Å²) in [6.45, 7) is 7.82. The van der Waals surface area contributed by atoms with Gasteiger partial charge in [-0.1, -0.05) is 13.8 Å². The predicted octanol–water partition coefficient (Wildman–Crippen LogP) is 2.18. The SMILES string of the molecule is Cc1cn2nc(C(C)C)c(O)c2c(C)n1. The van der Waals surface area contributed by atoms with Gasteiger partial charge in [0, 0.05) is 5.92 Å². The molecule has 0 bridgehead atoms. The summed E-state index contributed by atoms with van der Waals surface area (Å²) in [4.78, 5) is 4.31. The molecule has 2 aromatic heterocycles. The molecule has 0 fully saturated rings. The molecule has 0 aliphatic rings. The van der Waals surface area contributed by atoms with Crippen molar-refractivity contribution in [2.75, 3.05) is 0 Å². The van der Waals surface area contributed by atoms with Gasteiger partial charge in [-0.3, -0.25) is 4.98 Å². The third kappa shape index (κ3) is 1.46. The third-order valence-electron chi connectivity index (χ3n) is 2.45. The van der Waals surface area contributed by atoms with Gasteiger partial charge in [0.1, 0.15) is 11.2 Å². The van der Waals surface area contributed by atoms with Gasteiger partial charge in [-0.05, 0) is 13.8 Å². The van der Waals surface area contributed by atoms with Gasteiger partial charge >= 0.3 is 0 Å². The van der Waals surface area contributed by atoms with E-state index < -0.39 is 0 Å². The molecule has 0 saturated heterocycles. The molecular weight excluding hydrogens is 190 g/mol. The molecule has 4 nitrogen and oxygen atoms in total. The minimum atomic E-state index is 0.213. The van der Waals surface area contributed by atoms with E-state index in [1.807, 2.05) is 33.9 Å². The minimum Gasteiger partial charge on any atom is -0.504 e. The van der Waals surface area contributed by atoms with Gasteiger partial charge in [0.05, 0.1) is 17.6 Å². The Kier molecular flexibility index (Phi) is 2.14. The Morgan fingerprint density at radius 3 is 2.60 bits per heavy atom. The van der Waals surface area contributed by atoms with Crippen LogP contribution >= 0.6 is 0 Å². The van der Waals surface area contributed by atoms with Crippen LogP contribution in [0.3, 0.4) is 0 Å². The van der Waals surface area contributed by atoms with Crippen molar-refractivity contribution in [1.82, 2.24) is 14.6 Å².